The number of nitrogens with zero attached hydrogens (tertiary/aromatic N) is 2. The van der Waals surface area contributed by atoms with Gasteiger partial charge in [0.15, 0.2) is 0 Å². The van der Waals surface area contributed by atoms with Gasteiger partial charge in [-0.3, -0.25) is 19.6 Å². The van der Waals surface area contributed by atoms with Gasteiger partial charge >= 0.3 is 12.0 Å². The van der Waals surface area contributed by atoms with Crippen LogP contribution in [0.3, 0.4) is 0 Å². The summed E-state index contributed by atoms with van der Waals surface area (Å²) < 4.78 is 11.5. The van der Waals surface area contributed by atoms with Crippen molar-refractivity contribution in [1.29, 1.82) is 0 Å². The zero-order chi connectivity index (χ0) is 21.4. The summed E-state index contributed by atoms with van der Waals surface area (Å²) in [6.07, 6.45) is 0. The Labute approximate surface area is 175 Å². The summed E-state index contributed by atoms with van der Waals surface area (Å²) in [7, 11) is 0. The summed E-state index contributed by atoms with van der Waals surface area (Å²) in [5.41, 5.74) is 1.29. The van der Waals surface area contributed by atoms with Gasteiger partial charge in [-0.2, -0.15) is 9.97 Å². The topological polar surface area (TPSA) is 110 Å². The standard InChI is InChI=1S/C23H16N4O4/c1-13-12-14(30-22-24-17-8-4-2-6-15(17)20(28)26-22)10-11-19(13)31-23-25-18-9-5-3-7-16(18)21(29)27-23/h2-12H,1H3,(H,24,26,28)(H,25,27,29). The van der Waals surface area contributed by atoms with Crippen molar-refractivity contribution in [3.63, 3.8) is 0 Å². The lowest BCUT2D eigenvalue weighted by atomic mass is 10.2. The summed E-state index contributed by atoms with van der Waals surface area (Å²) in [6.45, 7) is 1.83. The molecule has 0 spiro atoms. The summed E-state index contributed by atoms with van der Waals surface area (Å²) >= 11 is 0. The molecule has 0 atom stereocenters. The van der Waals surface area contributed by atoms with Gasteiger partial charge in [-0.25, -0.2) is 0 Å². The Morgan fingerprint density at radius 2 is 1.26 bits per heavy atom. The van der Waals surface area contributed by atoms with Gasteiger partial charge in [-0.15, -0.1) is 0 Å². The first kappa shape index (κ1) is 18.6. The molecule has 0 unspecified atom stereocenters. The van der Waals surface area contributed by atoms with Crippen molar-refractivity contribution >= 4 is 21.8 Å². The van der Waals surface area contributed by atoms with Gasteiger partial charge < -0.3 is 9.47 Å². The Balaban J connectivity index is 1.42. The molecule has 0 saturated heterocycles. The molecule has 31 heavy (non-hydrogen) atoms. The predicted octanol–water partition coefficient (Wildman–Crippen LogP) is 4.05. The molecule has 5 rings (SSSR count). The first-order valence-corrected chi connectivity index (χ1v) is 9.51. The van der Waals surface area contributed by atoms with Crippen molar-refractivity contribution in [3.8, 4) is 23.5 Å². The maximum absolute atomic E-state index is 12.2. The molecule has 8 nitrogen and oxygen atoms in total. The van der Waals surface area contributed by atoms with Crippen LogP contribution in [-0.2, 0) is 0 Å². The van der Waals surface area contributed by atoms with Gasteiger partial charge in [0.1, 0.15) is 11.5 Å². The molecule has 8 heteroatoms. The van der Waals surface area contributed by atoms with E-state index in [1.54, 1.807) is 66.7 Å². The van der Waals surface area contributed by atoms with Crippen LogP contribution in [0.2, 0.25) is 0 Å². The molecule has 0 amide bonds. The van der Waals surface area contributed by atoms with E-state index >= 15 is 0 Å². The van der Waals surface area contributed by atoms with Crippen molar-refractivity contribution in [2.75, 3.05) is 0 Å². The first-order chi connectivity index (χ1) is 15.1. The number of aryl methyl sites for hydroxylation is 1. The van der Waals surface area contributed by atoms with Crippen LogP contribution in [0.1, 0.15) is 5.56 Å². The molecule has 2 heterocycles. The molecule has 0 aliphatic rings. The molecule has 2 aromatic heterocycles. The Hall–Kier alpha value is -4.46. The predicted molar refractivity (Wildman–Crippen MR) is 116 cm³/mol. The molecule has 0 fully saturated rings. The van der Waals surface area contributed by atoms with Crippen molar-refractivity contribution < 1.29 is 9.47 Å². The third-order valence-corrected chi connectivity index (χ3v) is 4.75. The Kier molecular flexibility index (Phi) is 4.44. The molecule has 0 saturated carbocycles. The molecular weight excluding hydrogens is 396 g/mol. The Bertz CT molecular complexity index is 1560. The molecule has 3 aromatic carbocycles. The molecule has 152 valence electrons. The zero-order valence-electron chi connectivity index (χ0n) is 16.4. The number of aromatic nitrogens is 4. The number of fused-ring (bicyclic) bond motifs is 2. The van der Waals surface area contributed by atoms with Crippen LogP contribution in [-0.4, -0.2) is 19.9 Å². The maximum atomic E-state index is 12.2. The summed E-state index contributed by atoms with van der Waals surface area (Å²) in [4.78, 5) is 38.4. The minimum atomic E-state index is -0.274. The fraction of sp³-hybridized carbons (Fsp3) is 0.0435. The third-order valence-electron chi connectivity index (χ3n) is 4.75. The molecule has 0 aliphatic carbocycles. The van der Waals surface area contributed by atoms with Crippen LogP contribution < -0.4 is 20.6 Å². The second-order valence-corrected chi connectivity index (χ2v) is 6.91. The molecule has 0 aliphatic heterocycles. The van der Waals surface area contributed by atoms with Gasteiger partial charge in [0.2, 0.25) is 0 Å². The molecule has 0 radical (unpaired) electrons. The molecular formula is C23H16N4O4. The number of nitrogens with one attached hydrogen (secondary N) is 2. The summed E-state index contributed by atoms with van der Waals surface area (Å²) in [6, 6.07) is 19.4. The third kappa shape index (κ3) is 3.62. The van der Waals surface area contributed by atoms with E-state index in [2.05, 4.69) is 19.9 Å². The maximum Gasteiger partial charge on any atom is 0.302 e. The lowest BCUT2D eigenvalue weighted by molar-refractivity contribution is 0.428. The monoisotopic (exact) mass is 412 g/mol. The number of para-hydroxylation sites is 2. The second-order valence-electron chi connectivity index (χ2n) is 6.91. The van der Waals surface area contributed by atoms with Gasteiger partial charge in [0.05, 0.1) is 21.8 Å². The van der Waals surface area contributed by atoms with E-state index in [0.717, 1.165) is 5.56 Å². The average molecular weight is 412 g/mol. The van der Waals surface area contributed by atoms with E-state index in [1.807, 2.05) is 6.92 Å². The largest absolute Gasteiger partial charge is 0.426 e. The quantitative estimate of drug-likeness (QED) is 0.461. The highest BCUT2D eigenvalue weighted by Crippen LogP contribution is 2.28. The highest BCUT2D eigenvalue weighted by atomic mass is 16.5. The molecule has 2 N–H and O–H groups in total. The van der Waals surface area contributed by atoms with Gasteiger partial charge in [0, 0.05) is 0 Å². The SMILES string of the molecule is Cc1cc(Oc2nc3ccccc3c(=O)[nH]2)ccc1Oc1nc2ccccc2c(=O)[nH]1. The van der Waals surface area contributed by atoms with E-state index in [-0.39, 0.29) is 23.1 Å². The van der Waals surface area contributed by atoms with Crippen molar-refractivity contribution in [1.82, 2.24) is 19.9 Å². The van der Waals surface area contributed by atoms with Crippen molar-refractivity contribution in [2.45, 2.75) is 6.92 Å². The number of aromatic amines is 2. The zero-order valence-corrected chi connectivity index (χ0v) is 16.4. The second kappa shape index (κ2) is 7.42. The van der Waals surface area contributed by atoms with Gasteiger partial charge in [-0.1, -0.05) is 24.3 Å². The lowest BCUT2D eigenvalue weighted by Crippen LogP contribution is -2.09. The molecule has 0 bridgehead atoms. The van der Waals surface area contributed by atoms with Crippen LogP contribution in [0.15, 0.2) is 76.3 Å². The fourth-order valence-electron chi connectivity index (χ4n) is 3.24. The minimum absolute atomic E-state index is 0.0947. The van der Waals surface area contributed by atoms with Crippen LogP contribution in [0.4, 0.5) is 0 Å². The normalized spacial score (nSPS) is 11.0. The fourth-order valence-corrected chi connectivity index (χ4v) is 3.24. The van der Waals surface area contributed by atoms with Crippen LogP contribution in [0.25, 0.3) is 21.8 Å². The van der Waals surface area contributed by atoms with Gasteiger partial charge in [0.25, 0.3) is 11.1 Å². The summed E-state index contributed by atoms with van der Waals surface area (Å²) in [5.74, 6) is 0.981. The highest BCUT2D eigenvalue weighted by Gasteiger charge is 2.10. The lowest BCUT2D eigenvalue weighted by Gasteiger charge is -2.10. The number of hydrogen-bond donors (Lipinski definition) is 2. The van der Waals surface area contributed by atoms with Gasteiger partial charge in [-0.05, 0) is 55.0 Å². The number of H-pyrrole nitrogens is 2. The Morgan fingerprint density at radius 1 is 0.710 bits per heavy atom. The van der Waals surface area contributed by atoms with Crippen LogP contribution in [0.5, 0.6) is 23.5 Å². The van der Waals surface area contributed by atoms with Crippen LogP contribution in [0, 0.1) is 6.92 Å². The van der Waals surface area contributed by atoms with Crippen molar-refractivity contribution in [3.05, 3.63) is 93.0 Å². The van der Waals surface area contributed by atoms with E-state index in [4.69, 9.17) is 9.47 Å². The number of rotatable bonds is 4. The first-order valence-electron chi connectivity index (χ1n) is 9.51. The van der Waals surface area contributed by atoms with Crippen molar-refractivity contribution in [2.24, 2.45) is 0 Å². The Morgan fingerprint density at radius 3 is 1.84 bits per heavy atom. The number of benzene rings is 3. The highest BCUT2D eigenvalue weighted by molar-refractivity contribution is 5.78. The van der Waals surface area contributed by atoms with E-state index in [1.165, 1.54) is 0 Å². The van der Waals surface area contributed by atoms with E-state index in [9.17, 15) is 9.59 Å². The van der Waals surface area contributed by atoms with Crippen LogP contribution >= 0.6 is 0 Å². The number of ether oxygens (including phenoxy) is 2. The number of hydrogen-bond acceptors (Lipinski definition) is 6. The smallest absolute Gasteiger partial charge is 0.302 e. The van der Waals surface area contributed by atoms with E-state index < -0.39 is 0 Å². The minimum Gasteiger partial charge on any atom is -0.426 e. The average Bonchev–Trinajstić information content (AvgIpc) is 2.76. The molecule has 5 aromatic rings. The van der Waals surface area contributed by atoms with E-state index in [0.29, 0.717) is 33.3 Å². The summed E-state index contributed by atoms with van der Waals surface area (Å²) in [5, 5.41) is 0.985.